The number of hydrogen-bond acceptors (Lipinski definition) is 8. The van der Waals surface area contributed by atoms with Crippen LogP contribution < -0.4 is 10.2 Å². The number of hydrogen-bond donors (Lipinski definition) is 0. The maximum Gasteiger partial charge on any atom is 0.137 e. The smallest absolute Gasteiger partial charge is 0.137 e. The summed E-state index contributed by atoms with van der Waals surface area (Å²) in [6.07, 6.45) is 3.14. The standard InChI is InChI=1S/C17H19N5.C2H2O4/c1-16(2,9-18)14-5-13(8-22-12-20-11-21-22)6-15(7-14)17(3,4)10-19;3-1(4)2(5)6/h5-7,11-12H,8H2,1-4H3;(H,3,4)(H,5,6)/p-2. The Bertz CT molecular complexity index is 878. The van der Waals surface area contributed by atoms with Gasteiger partial charge in [0.05, 0.1) is 41.5 Å². The fourth-order valence-electron chi connectivity index (χ4n) is 2.14. The van der Waals surface area contributed by atoms with Gasteiger partial charge in [0.2, 0.25) is 0 Å². The summed E-state index contributed by atoms with van der Waals surface area (Å²) in [6, 6.07) is 10.6. The minimum atomic E-state index is -2.19. The fraction of sp³-hybridized carbons (Fsp3) is 0.368. The Morgan fingerprint density at radius 2 is 1.46 bits per heavy atom. The molecule has 9 heteroatoms. The normalized spacial score (nSPS) is 10.8. The quantitative estimate of drug-likeness (QED) is 0.636. The zero-order valence-electron chi connectivity index (χ0n) is 16.0. The van der Waals surface area contributed by atoms with E-state index in [-0.39, 0.29) is 0 Å². The van der Waals surface area contributed by atoms with E-state index >= 15 is 0 Å². The molecule has 0 unspecified atom stereocenters. The summed E-state index contributed by atoms with van der Waals surface area (Å²) < 4.78 is 1.72. The maximum atomic E-state index is 9.40. The predicted octanol–water partition coefficient (Wildman–Crippen LogP) is -0.585. The second kappa shape index (κ2) is 8.78. The van der Waals surface area contributed by atoms with Gasteiger partial charge in [-0.25, -0.2) is 9.67 Å². The molecule has 2 rings (SSSR count). The number of rotatable bonds is 4. The monoisotopic (exact) mass is 381 g/mol. The van der Waals surface area contributed by atoms with E-state index in [4.69, 9.17) is 19.8 Å². The molecule has 0 saturated carbocycles. The van der Waals surface area contributed by atoms with Gasteiger partial charge in [0.25, 0.3) is 0 Å². The Hall–Kier alpha value is -3.72. The van der Waals surface area contributed by atoms with Gasteiger partial charge in [0.1, 0.15) is 12.7 Å². The number of carboxylic acids is 2. The maximum absolute atomic E-state index is 9.40. The van der Waals surface area contributed by atoms with Gasteiger partial charge in [-0.3, -0.25) is 0 Å². The number of benzene rings is 1. The molecule has 0 aliphatic carbocycles. The van der Waals surface area contributed by atoms with Gasteiger partial charge in [-0.1, -0.05) is 18.2 Å². The highest BCUT2D eigenvalue weighted by atomic mass is 16.4. The number of carboxylic acid groups (broad SMARTS) is 2. The van der Waals surface area contributed by atoms with Crippen LogP contribution >= 0.6 is 0 Å². The Balaban J connectivity index is 0.000000568. The topological polar surface area (TPSA) is 159 Å². The van der Waals surface area contributed by atoms with Crippen LogP contribution in [-0.4, -0.2) is 26.7 Å². The number of carbonyl (C=O) groups is 2. The molecule has 0 fully saturated rings. The zero-order valence-corrected chi connectivity index (χ0v) is 16.0. The Kier molecular flexibility index (Phi) is 7.00. The van der Waals surface area contributed by atoms with Gasteiger partial charge >= 0.3 is 0 Å². The van der Waals surface area contributed by atoms with Crippen LogP contribution in [0.1, 0.15) is 44.4 Å². The van der Waals surface area contributed by atoms with Crippen molar-refractivity contribution in [2.45, 2.75) is 45.1 Å². The van der Waals surface area contributed by atoms with Crippen molar-refractivity contribution >= 4 is 11.9 Å². The molecule has 1 aromatic heterocycles. The third kappa shape index (κ3) is 5.92. The molecule has 2 aromatic rings. The van der Waals surface area contributed by atoms with Gasteiger partial charge < -0.3 is 19.8 Å². The van der Waals surface area contributed by atoms with Crippen molar-refractivity contribution in [2.24, 2.45) is 0 Å². The van der Waals surface area contributed by atoms with E-state index in [0.717, 1.165) is 16.7 Å². The Morgan fingerprint density at radius 3 is 1.79 bits per heavy atom. The van der Waals surface area contributed by atoms with Crippen molar-refractivity contribution in [3.05, 3.63) is 47.5 Å². The van der Waals surface area contributed by atoms with Gasteiger partial charge in [-0.05, 0) is 44.4 Å². The highest BCUT2D eigenvalue weighted by Gasteiger charge is 2.26. The minimum absolute atomic E-state index is 0.559. The third-order valence-corrected chi connectivity index (χ3v) is 3.97. The van der Waals surface area contributed by atoms with Gasteiger partial charge in [0, 0.05) is 0 Å². The first-order valence-corrected chi connectivity index (χ1v) is 8.15. The van der Waals surface area contributed by atoms with Gasteiger partial charge in [-0.15, -0.1) is 0 Å². The third-order valence-electron chi connectivity index (χ3n) is 3.97. The first-order chi connectivity index (χ1) is 12.9. The molecule has 28 heavy (non-hydrogen) atoms. The van der Waals surface area contributed by atoms with Crippen LogP contribution in [0.15, 0.2) is 30.9 Å². The van der Waals surface area contributed by atoms with Crippen molar-refractivity contribution in [3.63, 3.8) is 0 Å². The second-order valence-electron chi connectivity index (χ2n) is 7.06. The Morgan fingerprint density at radius 1 is 1.00 bits per heavy atom. The van der Waals surface area contributed by atoms with Crippen molar-refractivity contribution in [2.75, 3.05) is 0 Å². The van der Waals surface area contributed by atoms with Crippen LogP contribution in [0.5, 0.6) is 0 Å². The van der Waals surface area contributed by atoms with Crippen molar-refractivity contribution in [3.8, 4) is 12.1 Å². The number of carbonyl (C=O) groups excluding carboxylic acids is 2. The summed E-state index contributed by atoms with van der Waals surface area (Å²) >= 11 is 0. The molecule has 0 bridgehead atoms. The van der Waals surface area contributed by atoms with Crippen LogP contribution in [0.2, 0.25) is 0 Å². The van der Waals surface area contributed by atoms with Crippen LogP contribution in [0.25, 0.3) is 0 Å². The van der Waals surface area contributed by atoms with Crippen molar-refractivity contribution in [1.29, 1.82) is 10.5 Å². The molecule has 0 spiro atoms. The zero-order chi connectivity index (χ0) is 21.5. The molecule has 0 atom stereocenters. The van der Waals surface area contributed by atoms with Crippen LogP contribution in [0.4, 0.5) is 0 Å². The van der Waals surface area contributed by atoms with Gasteiger partial charge in [0.15, 0.2) is 0 Å². The van der Waals surface area contributed by atoms with E-state index < -0.39 is 22.8 Å². The molecule has 0 aliphatic rings. The molecular weight excluding hydrogens is 362 g/mol. The van der Waals surface area contributed by atoms with E-state index in [1.165, 1.54) is 6.33 Å². The summed E-state index contributed by atoms with van der Waals surface area (Å²) in [7, 11) is 0. The molecule has 0 N–H and O–H groups in total. The van der Waals surface area contributed by atoms with Crippen molar-refractivity contribution in [1.82, 2.24) is 14.8 Å². The molecule has 0 amide bonds. The molecule has 0 aliphatic heterocycles. The summed E-state index contributed by atoms with van der Waals surface area (Å²) in [5, 5.41) is 40.8. The lowest BCUT2D eigenvalue weighted by Crippen LogP contribution is -2.42. The Labute approximate surface area is 162 Å². The van der Waals surface area contributed by atoms with E-state index in [2.05, 4.69) is 22.2 Å². The van der Waals surface area contributed by atoms with Gasteiger partial charge in [-0.2, -0.15) is 15.6 Å². The lowest BCUT2D eigenvalue weighted by molar-refractivity contribution is -0.345. The largest absolute Gasteiger partial charge is 0.543 e. The number of aromatic nitrogens is 3. The van der Waals surface area contributed by atoms with E-state index in [0.29, 0.717) is 6.54 Å². The molecule has 146 valence electrons. The molecule has 0 radical (unpaired) electrons. The fourth-order valence-corrected chi connectivity index (χ4v) is 2.14. The first-order valence-electron chi connectivity index (χ1n) is 8.15. The molecule has 1 aromatic carbocycles. The summed E-state index contributed by atoms with van der Waals surface area (Å²) in [4.78, 5) is 21.8. The van der Waals surface area contributed by atoms with Crippen LogP contribution in [-0.2, 0) is 27.0 Å². The van der Waals surface area contributed by atoms with Crippen LogP contribution in [0, 0.1) is 22.7 Å². The highest BCUT2D eigenvalue weighted by molar-refractivity contribution is 6.25. The molecule has 1 heterocycles. The lowest BCUT2D eigenvalue weighted by atomic mass is 9.79. The molecule has 9 nitrogen and oxygen atoms in total. The average molecular weight is 381 g/mol. The first kappa shape index (κ1) is 22.3. The number of nitrogens with zero attached hydrogens (tertiary/aromatic N) is 5. The predicted molar refractivity (Wildman–Crippen MR) is 92.9 cm³/mol. The SMILES string of the molecule is CC(C)(C#N)c1cc(Cn2cncn2)cc(C(C)(C)C#N)c1.O=C([O-])C(=O)[O-]. The summed E-state index contributed by atoms with van der Waals surface area (Å²) in [6.45, 7) is 8.08. The molecular formula is C19H19N5O4-2. The van der Waals surface area contributed by atoms with E-state index in [1.807, 2.05) is 45.9 Å². The van der Waals surface area contributed by atoms with Crippen LogP contribution in [0.3, 0.4) is 0 Å². The highest BCUT2D eigenvalue weighted by Crippen LogP contribution is 2.30. The summed E-state index contributed by atoms with van der Waals surface area (Å²) in [5.74, 6) is -4.37. The number of aliphatic carboxylic acids is 2. The van der Waals surface area contributed by atoms with E-state index in [9.17, 15) is 10.5 Å². The van der Waals surface area contributed by atoms with E-state index in [1.54, 1.807) is 11.0 Å². The minimum Gasteiger partial charge on any atom is -0.543 e. The average Bonchev–Trinajstić information content (AvgIpc) is 3.14. The number of nitriles is 2. The van der Waals surface area contributed by atoms with Crippen molar-refractivity contribution < 1.29 is 19.8 Å². The molecule has 0 saturated heterocycles. The summed E-state index contributed by atoms with van der Waals surface area (Å²) in [5.41, 5.74) is 1.60. The lowest BCUT2D eigenvalue weighted by Gasteiger charge is -2.23. The second-order valence-corrected chi connectivity index (χ2v) is 7.06.